The summed E-state index contributed by atoms with van der Waals surface area (Å²) in [7, 11) is 1.60. The molecule has 3 aromatic rings. The Balaban J connectivity index is 1.94. The Labute approximate surface area is 166 Å². The Morgan fingerprint density at radius 3 is 2.24 bits per heavy atom. The van der Waals surface area contributed by atoms with Crippen LogP contribution < -0.4 is 10.2 Å². The van der Waals surface area contributed by atoms with E-state index in [1.165, 1.54) is 29.2 Å². The zero-order chi connectivity index (χ0) is 21.0. The van der Waals surface area contributed by atoms with Crippen molar-refractivity contribution in [2.75, 3.05) is 17.3 Å². The molecule has 3 rings (SSSR count). The number of hydrogen-bond acceptors (Lipinski definition) is 4. The topological polar surface area (TPSA) is 41.1 Å². The Hall–Kier alpha value is -3.16. The second-order valence-corrected chi connectivity index (χ2v) is 6.54. The average molecular weight is 404 g/mol. The summed E-state index contributed by atoms with van der Waals surface area (Å²) in [4.78, 5) is 9.41. The molecule has 0 spiro atoms. The lowest BCUT2D eigenvalue weighted by Crippen LogP contribution is -2.17. The van der Waals surface area contributed by atoms with Gasteiger partial charge < -0.3 is 10.2 Å². The van der Waals surface area contributed by atoms with Crippen LogP contribution in [0.15, 0.2) is 54.7 Å². The van der Waals surface area contributed by atoms with Gasteiger partial charge in [0.1, 0.15) is 17.2 Å². The highest BCUT2D eigenvalue weighted by Gasteiger charge is 2.35. The lowest BCUT2D eigenvalue weighted by molar-refractivity contribution is -0.137. The smallest absolute Gasteiger partial charge is 0.340 e. The van der Waals surface area contributed by atoms with Crippen molar-refractivity contribution in [2.24, 2.45) is 0 Å². The first-order valence-corrected chi connectivity index (χ1v) is 9.07. The van der Waals surface area contributed by atoms with E-state index < -0.39 is 17.6 Å². The number of nitrogens with zero attached hydrogens (tertiary/aromatic N) is 3. The molecule has 0 aliphatic carbocycles. The molecular weight excluding hydrogens is 384 g/mol. The van der Waals surface area contributed by atoms with E-state index in [1.54, 1.807) is 19.2 Å². The highest BCUT2D eigenvalue weighted by atomic mass is 19.4. The van der Waals surface area contributed by atoms with Crippen molar-refractivity contribution in [3.05, 3.63) is 71.7 Å². The first-order valence-electron chi connectivity index (χ1n) is 9.07. The molecule has 29 heavy (non-hydrogen) atoms. The zero-order valence-electron chi connectivity index (χ0n) is 16.0. The maximum absolute atomic E-state index is 13.4. The van der Waals surface area contributed by atoms with Gasteiger partial charge in [0.05, 0.1) is 0 Å². The second-order valence-electron chi connectivity index (χ2n) is 6.54. The summed E-state index contributed by atoms with van der Waals surface area (Å²) in [6, 6.07) is 12.7. The molecule has 1 N–H and O–H groups in total. The molecular formula is C21H20F4N4. The minimum absolute atomic E-state index is 0.0507. The van der Waals surface area contributed by atoms with Gasteiger partial charge >= 0.3 is 6.18 Å². The van der Waals surface area contributed by atoms with Crippen molar-refractivity contribution in [1.82, 2.24) is 9.97 Å². The number of anilines is 4. The van der Waals surface area contributed by atoms with E-state index in [9.17, 15) is 17.6 Å². The normalized spacial score (nSPS) is 11.4. The summed E-state index contributed by atoms with van der Waals surface area (Å²) in [6.45, 7) is 2.06. The van der Waals surface area contributed by atoms with Crippen molar-refractivity contribution in [3.63, 3.8) is 0 Å². The van der Waals surface area contributed by atoms with Crippen LogP contribution >= 0.6 is 0 Å². The van der Waals surface area contributed by atoms with Crippen LogP contribution in [0.25, 0.3) is 0 Å². The molecule has 152 valence electrons. The van der Waals surface area contributed by atoms with Crippen LogP contribution in [0.4, 0.5) is 40.7 Å². The lowest BCUT2D eigenvalue weighted by Gasteiger charge is -2.20. The number of rotatable bonds is 6. The van der Waals surface area contributed by atoms with E-state index in [1.807, 2.05) is 12.1 Å². The van der Waals surface area contributed by atoms with Crippen LogP contribution in [0.5, 0.6) is 0 Å². The minimum Gasteiger partial charge on any atom is -0.340 e. The molecule has 0 unspecified atom stereocenters. The molecule has 0 fully saturated rings. The molecule has 0 aliphatic heterocycles. The summed E-state index contributed by atoms with van der Waals surface area (Å²) in [5.41, 5.74) is 1.17. The predicted octanol–water partition coefficient (Wildman–Crippen LogP) is 6.10. The fraction of sp³-hybridized carbons (Fsp3) is 0.238. The lowest BCUT2D eigenvalue weighted by atomic mass is 10.1. The molecule has 0 aliphatic rings. The number of hydrogen-bond donors (Lipinski definition) is 1. The van der Waals surface area contributed by atoms with Crippen LogP contribution in [-0.4, -0.2) is 17.0 Å². The molecule has 1 aromatic heterocycles. The van der Waals surface area contributed by atoms with Crippen LogP contribution in [-0.2, 0) is 12.6 Å². The Kier molecular flexibility index (Phi) is 6.00. The molecule has 1 heterocycles. The van der Waals surface area contributed by atoms with E-state index >= 15 is 0 Å². The van der Waals surface area contributed by atoms with Gasteiger partial charge in [-0.2, -0.15) is 18.2 Å². The highest BCUT2D eigenvalue weighted by Crippen LogP contribution is 2.36. The minimum atomic E-state index is -4.61. The van der Waals surface area contributed by atoms with E-state index in [2.05, 4.69) is 22.2 Å². The van der Waals surface area contributed by atoms with Crippen molar-refractivity contribution in [3.8, 4) is 0 Å². The number of alkyl halides is 3. The monoisotopic (exact) mass is 404 g/mol. The standard InChI is InChI=1S/C21H20F4N4/c1-3-4-14-5-9-16(10-6-14)27-19-18(21(23,24)25)13-26-20(28-19)29(2)17-11-7-15(22)8-12-17/h5-13H,3-4H2,1-2H3,(H,26,27,28). The Bertz CT molecular complexity index is 954. The van der Waals surface area contributed by atoms with Gasteiger partial charge in [-0.15, -0.1) is 0 Å². The van der Waals surface area contributed by atoms with Crippen molar-refractivity contribution < 1.29 is 17.6 Å². The molecule has 2 aromatic carbocycles. The third-order valence-corrected chi connectivity index (χ3v) is 4.35. The number of benzene rings is 2. The van der Waals surface area contributed by atoms with Gasteiger partial charge in [0, 0.05) is 24.6 Å². The molecule has 8 heteroatoms. The van der Waals surface area contributed by atoms with Gasteiger partial charge in [-0.1, -0.05) is 25.5 Å². The summed E-state index contributed by atoms with van der Waals surface area (Å²) in [6.07, 6.45) is -1.99. The van der Waals surface area contributed by atoms with E-state index in [4.69, 9.17) is 0 Å². The first kappa shape index (κ1) is 20.6. The molecule has 0 saturated carbocycles. The molecule has 0 bridgehead atoms. The SMILES string of the molecule is CCCc1ccc(Nc2nc(N(C)c3ccc(F)cc3)ncc2C(F)(F)F)cc1. The predicted molar refractivity (Wildman–Crippen MR) is 105 cm³/mol. The summed E-state index contributed by atoms with van der Waals surface area (Å²) < 4.78 is 53.5. The van der Waals surface area contributed by atoms with Crippen molar-refractivity contribution in [1.29, 1.82) is 0 Å². The molecule has 0 radical (unpaired) electrons. The highest BCUT2D eigenvalue weighted by molar-refractivity contribution is 5.64. The Morgan fingerprint density at radius 1 is 1.00 bits per heavy atom. The average Bonchev–Trinajstić information content (AvgIpc) is 2.69. The third-order valence-electron chi connectivity index (χ3n) is 4.35. The van der Waals surface area contributed by atoms with Crippen molar-refractivity contribution in [2.45, 2.75) is 25.9 Å². The van der Waals surface area contributed by atoms with E-state index in [0.717, 1.165) is 24.6 Å². The van der Waals surface area contributed by atoms with Gasteiger partial charge in [-0.25, -0.2) is 9.37 Å². The fourth-order valence-corrected chi connectivity index (χ4v) is 2.80. The van der Waals surface area contributed by atoms with E-state index in [0.29, 0.717) is 11.4 Å². The van der Waals surface area contributed by atoms with Gasteiger partial charge in [0.25, 0.3) is 0 Å². The zero-order valence-corrected chi connectivity index (χ0v) is 16.0. The maximum atomic E-state index is 13.4. The molecule has 4 nitrogen and oxygen atoms in total. The maximum Gasteiger partial charge on any atom is 0.421 e. The van der Waals surface area contributed by atoms with Gasteiger partial charge in [-0.3, -0.25) is 0 Å². The van der Waals surface area contributed by atoms with Crippen LogP contribution in [0.1, 0.15) is 24.5 Å². The van der Waals surface area contributed by atoms with Crippen LogP contribution in [0.3, 0.4) is 0 Å². The Morgan fingerprint density at radius 2 is 1.66 bits per heavy atom. The molecule has 0 amide bonds. The summed E-state index contributed by atoms with van der Waals surface area (Å²) >= 11 is 0. The molecule has 0 saturated heterocycles. The summed E-state index contributed by atoms with van der Waals surface area (Å²) in [5.74, 6) is -0.709. The quantitative estimate of drug-likeness (QED) is 0.504. The first-order chi connectivity index (χ1) is 13.8. The molecule has 0 atom stereocenters. The number of aromatic nitrogens is 2. The van der Waals surface area contributed by atoms with E-state index in [-0.39, 0.29) is 11.8 Å². The van der Waals surface area contributed by atoms with Crippen LogP contribution in [0.2, 0.25) is 0 Å². The third kappa shape index (κ3) is 5.01. The van der Waals surface area contributed by atoms with Gasteiger partial charge in [0.15, 0.2) is 0 Å². The second kappa shape index (κ2) is 8.46. The number of aryl methyl sites for hydroxylation is 1. The number of nitrogens with one attached hydrogen (secondary N) is 1. The largest absolute Gasteiger partial charge is 0.421 e. The fourth-order valence-electron chi connectivity index (χ4n) is 2.80. The number of halogens is 4. The van der Waals surface area contributed by atoms with Crippen molar-refractivity contribution >= 4 is 23.1 Å². The van der Waals surface area contributed by atoms with Crippen LogP contribution in [0, 0.1) is 5.82 Å². The summed E-state index contributed by atoms with van der Waals surface area (Å²) in [5, 5.41) is 2.75. The van der Waals surface area contributed by atoms with Gasteiger partial charge in [0.2, 0.25) is 5.95 Å². The van der Waals surface area contributed by atoms with Gasteiger partial charge in [-0.05, 0) is 48.4 Å².